The van der Waals surface area contributed by atoms with Crippen LogP contribution in [0.5, 0.6) is 0 Å². The lowest BCUT2D eigenvalue weighted by molar-refractivity contribution is 0.0550. The molecule has 2 heterocycles. The van der Waals surface area contributed by atoms with Gasteiger partial charge in [0, 0.05) is 18.7 Å². The number of hydrogen-bond donors (Lipinski definition) is 1. The molecule has 0 bridgehead atoms. The van der Waals surface area contributed by atoms with Gasteiger partial charge < -0.3 is 10.0 Å². The van der Waals surface area contributed by atoms with Gasteiger partial charge >= 0.3 is 0 Å². The number of piperidine rings is 1. The van der Waals surface area contributed by atoms with Crippen molar-refractivity contribution in [3.63, 3.8) is 0 Å². The maximum Gasteiger partial charge on any atom is 0.265 e. The molecule has 2 aromatic rings. The van der Waals surface area contributed by atoms with E-state index in [1.54, 1.807) is 17.0 Å². The van der Waals surface area contributed by atoms with Crippen molar-refractivity contribution >= 4 is 17.2 Å². The molecule has 0 aliphatic carbocycles. The third-order valence-corrected chi connectivity index (χ3v) is 4.57. The molecular weight excluding hydrogens is 291 g/mol. The topological polar surface area (TPSA) is 53.4 Å². The Bertz CT molecular complexity index is 651. The van der Waals surface area contributed by atoms with Crippen LogP contribution < -0.4 is 0 Å². The third kappa shape index (κ3) is 3.11. The number of amides is 1. The molecule has 1 aliphatic rings. The molecule has 1 aliphatic heterocycles. The largest absolute Gasteiger partial charge is 0.393 e. The number of hydrogen-bond acceptors (Lipinski definition) is 4. The summed E-state index contributed by atoms with van der Waals surface area (Å²) in [5.74, 6) is -0.386. The Hall–Kier alpha value is -1.79. The van der Waals surface area contributed by atoms with E-state index in [4.69, 9.17) is 0 Å². The van der Waals surface area contributed by atoms with E-state index in [0.717, 1.165) is 0 Å². The predicted molar refractivity (Wildman–Crippen MR) is 78.7 cm³/mol. The Morgan fingerprint density at radius 1 is 1.38 bits per heavy atom. The zero-order valence-corrected chi connectivity index (χ0v) is 12.1. The van der Waals surface area contributed by atoms with E-state index in [9.17, 15) is 14.3 Å². The fraction of sp³-hybridized carbons (Fsp3) is 0.333. The number of benzene rings is 1. The summed E-state index contributed by atoms with van der Waals surface area (Å²) in [5, 5.41) is 10.1. The first-order valence-corrected chi connectivity index (χ1v) is 7.64. The monoisotopic (exact) mass is 306 g/mol. The molecule has 1 saturated heterocycles. The van der Waals surface area contributed by atoms with Crippen molar-refractivity contribution in [2.45, 2.75) is 18.9 Å². The van der Waals surface area contributed by atoms with Crippen LogP contribution >= 0.6 is 11.3 Å². The maximum atomic E-state index is 13.2. The Balaban J connectivity index is 1.77. The molecule has 0 unspecified atom stereocenters. The van der Waals surface area contributed by atoms with Crippen molar-refractivity contribution in [1.29, 1.82) is 0 Å². The summed E-state index contributed by atoms with van der Waals surface area (Å²) in [6.45, 7) is 1.13. The summed E-state index contributed by atoms with van der Waals surface area (Å²) in [6, 6.07) is 6.18. The van der Waals surface area contributed by atoms with Crippen molar-refractivity contribution in [3.8, 4) is 10.6 Å². The van der Waals surface area contributed by atoms with Crippen molar-refractivity contribution in [2.75, 3.05) is 13.1 Å². The molecule has 0 atom stereocenters. The molecule has 1 aromatic carbocycles. The van der Waals surface area contributed by atoms with Gasteiger partial charge in [-0.3, -0.25) is 4.79 Å². The van der Waals surface area contributed by atoms with Crippen molar-refractivity contribution in [3.05, 3.63) is 41.2 Å². The molecule has 1 amide bonds. The minimum atomic E-state index is -0.319. The number of nitrogens with zero attached hydrogens (tertiary/aromatic N) is 2. The van der Waals surface area contributed by atoms with Gasteiger partial charge in [-0.05, 0) is 25.0 Å². The lowest BCUT2D eigenvalue weighted by Crippen LogP contribution is -2.39. The van der Waals surface area contributed by atoms with Gasteiger partial charge in [0.15, 0.2) is 0 Å². The van der Waals surface area contributed by atoms with Crippen LogP contribution in [0.25, 0.3) is 10.6 Å². The van der Waals surface area contributed by atoms with Crippen LogP contribution in [0.3, 0.4) is 0 Å². The van der Waals surface area contributed by atoms with Crippen molar-refractivity contribution < 1.29 is 14.3 Å². The molecule has 4 nitrogen and oxygen atoms in total. The van der Waals surface area contributed by atoms with E-state index in [1.165, 1.54) is 29.7 Å². The first-order valence-electron chi connectivity index (χ1n) is 6.82. The van der Waals surface area contributed by atoms with Crippen LogP contribution in [0.1, 0.15) is 22.5 Å². The fourth-order valence-corrected chi connectivity index (χ4v) is 3.23. The van der Waals surface area contributed by atoms with Gasteiger partial charge in [-0.2, -0.15) is 0 Å². The number of aliphatic hydroxyl groups excluding tert-OH is 1. The molecule has 110 valence electrons. The van der Waals surface area contributed by atoms with Crippen LogP contribution in [-0.2, 0) is 0 Å². The highest BCUT2D eigenvalue weighted by atomic mass is 32.1. The molecule has 1 aromatic heterocycles. The minimum absolute atomic E-state index is 0.0675. The van der Waals surface area contributed by atoms with Crippen LogP contribution in [0.15, 0.2) is 30.5 Å². The van der Waals surface area contributed by atoms with E-state index >= 15 is 0 Å². The summed E-state index contributed by atoms with van der Waals surface area (Å²) in [7, 11) is 0. The molecule has 0 saturated carbocycles. The average Bonchev–Trinajstić information content (AvgIpc) is 2.97. The molecule has 6 heteroatoms. The average molecular weight is 306 g/mol. The Labute approximate surface area is 125 Å². The summed E-state index contributed by atoms with van der Waals surface area (Å²) >= 11 is 1.27. The number of likely N-dealkylation sites (tertiary alicyclic amines) is 1. The highest BCUT2D eigenvalue weighted by Crippen LogP contribution is 2.27. The van der Waals surface area contributed by atoms with Crippen LogP contribution in [-0.4, -0.2) is 40.1 Å². The van der Waals surface area contributed by atoms with E-state index in [2.05, 4.69) is 4.98 Å². The predicted octanol–water partition coefficient (Wildman–Crippen LogP) is 2.55. The van der Waals surface area contributed by atoms with Gasteiger partial charge in [-0.15, -0.1) is 11.3 Å². The molecular formula is C15H15FN2O2S. The van der Waals surface area contributed by atoms with E-state index < -0.39 is 0 Å². The van der Waals surface area contributed by atoms with Gasteiger partial charge in [0.1, 0.15) is 15.7 Å². The SMILES string of the molecule is O=C(c1cnc(-c2cccc(F)c2)s1)N1CCC(O)CC1. The lowest BCUT2D eigenvalue weighted by atomic mass is 10.1. The van der Waals surface area contributed by atoms with Gasteiger partial charge in [-0.1, -0.05) is 12.1 Å². The summed E-state index contributed by atoms with van der Waals surface area (Å²) < 4.78 is 13.2. The quantitative estimate of drug-likeness (QED) is 0.927. The molecule has 0 spiro atoms. The first-order chi connectivity index (χ1) is 10.1. The van der Waals surface area contributed by atoms with E-state index in [-0.39, 0.29) is 17.8 Å². The second-order valence-electron chi connectivity index (χ2n) is 5.06. The fourth-order valence-electron chi connectivity index (χ4n) is 2.35. The third-order valence-electron chi connectivity index (χ3n) is 3.54. The Kier molecular flexibility index (Phi) is 3.98. The number of aliphatic hydroxyl groups is 1. The van der Waals surface area contributed by atoms with Gasteiger partial charge in [0.05, 0.1) is 12.3 Å². The number of carbonyl (C=O) groups is 1. The lowest BCUT2D eigenvalue weighted by Gasteiger charge is -2.29. The van der Waals surface area contributed by atoms with Gasteiger partial charge in [0.2, 0.25) is 0 Å². The summed E-state index contributed by atoms with van der Waals surface area (Å²) in [6.07, 6.45) is 2.46. The van der Waals surface area contributed by atoms with Crippen LogP contribution in [0.2, 0.25) is 0 Å². The van der Waals surface area contributed by atoms with Crippen molar-refractivity contribution in [2.24, 2.45) is 0 Å². The highest BCUT2D eigenvalue weighted by molar-refractivity contribution is 7.16. The maximum absolute atomic E-state index is 13.2. The van der Waals surface area contributed by atoms with E-state index in [1.807, 2.05) is 0 Å². The molecule has 1 N–H and O–H groups in total. The van der Waals surface area contributed by atoms with E-state index in [0.29, 0.717) is 41.4 Å². The number of rotatable bonds is 2. The Morgan fingerprint density at radius 3 is 2.86 bits per heavy atom. The molecule has 21 heavy (non-hydrogen) atoms. The number of halogens is 1. The summed E-state index contributed by atoms with van der Waals surface area (Å²) in [4.78, 5) is 18.9. The number of aromatic nitrogens is 1. The number of thiazole rings is 1. The zero-order chi connectivity index (χ0) is 14.8. The molecule has 1 fully saturated rings. The van der Waals surface area contributed by atoms with Gasteiger partial charge in [-0.25, -0.2) is 9.37 Å². The second-order valence-corrected chi connectivity index (χ2v) is 6.09. The Morgan fingerprint density at radius 2 is 2.14 bits per heavy atom. The second kappa shape index (κ2) is 5.91. The molecule has 3 rings (SSSR count). The summed E-state index contributed by atoms with van der Waals surface area (Å²) in [5.41, 5.74) is 0.674. The van der Waals surface area contributed by atoms with Crippen LogP contribution in [0, 0.1) is 5.82 Å². The minimum Gasteiger partial charge on any atom is -0.393 e. The standard InChI is InChI=1S/C15H15FN2O2S/c16-11-3-1-2-10(8-11)14-17-9-13(21-14)15(20)18-6-4-12(19)5-7-18/h1-3,8-9,12,19H,4-7H2. The van der Waals surface area contributed by atoms with Crippen LogP contribution in [0.4, 0.5) is 4.39 Å². The van der Waals surface area contributed by atoms with Gasteiger partial charge in [0.25, 0.3) is 5.91 Å². The molecule has 0 radical (unpaired) electrons. The smallest absolute Gasteiger partial charge is 0.265 e. The first kappa shape index (κ1) is 14.2. The normalized spacial score (nSPS) is 16.2. The zero-order valence-electron chi connectivity index (χ0n) is 11.3. The van der Waals surface area contributed by atoms with Crippen molar-refractivity contribution in [1.82, 2.24) is 9.88 Å². The highest BCUT2D eigenvalue weighted by Gasteiger charge is 2.23. The number of carbonyl (C=O) groups excluding carboxylic acids is 1.